The van der Waals surface area contributed by atoms with Gasteiger partial charge >= 0.3 is 5.97 Å². The van der Waals surface area contributed by atoms with Crippen LogP contribution in [0.2, 0.25) is 0 Å². The Hall–Kier alpha value is -4.31. The average Bonchev–Trinajstić information content (AvgIpc) is 3.66. The molecule has 2 N–H and O–H groups in total. The summed E-state index contributed by atoms with van der Waals surface area (Å²) < 4.78 is 5.90. The van der Waals surface area contributed by atoms with Crippen LogP contribution < -0.4 is 15.8 Å². The Kier molecular flexibility index (Phi) is 7.17. The zero-order valence-electron chi connectivity index (χ0n) is 21.8. The van der Waals surface area contributed by atoms with Crippen LogP contribution in [0.25, 0.3) is 0 Å². The lowest BCUT2D eigenvalue weighted by Crippen LogP contribution is -2.43. The van der Waals surface area contributed by atoms with Crippen molar-refractivity contribution in [3.8, 4) is 0 Å². The Labute approximate surface area is 244 Å². The van der Waals surface area contributed by atoms with Gasteiger partial charge in [-0.2, -0.15) is 0 Å². The summed E-state index contributed by atoms with van der Waals surface area (Å²) in [5.41, 5.74) is 6.40. The van der Waals surface area contributed by atoms with Crippen molar-refractivity contribution in [1.82, 2.24) is 10.9 Å². The second kappa shape index (κ2) is 10.9. The number of anilines is 1. The van der Waals surface area contributed by atoms with Gasteiger partial charge in [-0.3, -0.25) is 34.9 Å². The molecule has 10 heteroatoms. The number of rotatable bonds is 6. The number of ether oxygens (including phenoxy) is 1. The third kappa shape index (κ3) is 5.04. The normalized spacial score (nSPS) is 24.2. The molecule has 0 spiro atoms. The molecule has 1 heterocycles. The molecule has 3 aromatic rings. The fourth-order valence-corrected chi connectivity index (χ4v) is 6.88. The summed E-state index contributed by atoms with van der Waals surface area (Å²) in [7, 11) is 0. The van der Waals surface area contributed by atoms with Crippen LogP contribution in [0.15, 0.2) is 83.3 Å². The van der Waals surface area contributed by atoms with Crippen LogP contribution >= 0.6 is 15.9 Å². The Morgan fingerprint density at radius 2 is 1.56 bits per heavy atom. The number of halogens is 1. The van der Waals surface area contributed by atoms with Gasteiger partial charge in [0.2, 0.25) is 11.8 Å². The van der Waals surface area contributed by atoms with Gasteiger partial charge in [-0.15, -0.1) is 0 Å². The average molecular weight is 616 g/mol. The van der Waals surface area contributed by atoms with Gasteiger partial charge in [0.15, 0.2) is 6.61 Å². The molecule has 2 aliphatic carbocycles. The molecular weight excluding hydrogens is 590 g/mol. The topological polar surface area (TPSA) is 122 Å². The fourth-order valence-electron chi connectivity index (χ4n) is 6.62. The molecule has 0 radical (unpaired) electrons. The van der Waals surface area contributed by atoms with Crippen LogP contribution in [0, 0.1) is 23.7 Å². The summed E-state index contributed by atoms with van der Waals surface area (Å²) in [6, 6.07) is 22.8. The van der Waals surface area contributed by atoms with Crippen molar-refractivity contribution in [3.63, 3.8) is 0 Å². The molecule has 4 amide bonds. The van der Waals surface area contributed by atoms with E-state index in [2.05, 4.69) is 38.9 Å². The highest BCUT2D eigenvalue weighted by Crippen LogP contribution is 2.61. The van der Waals surface area contributed by atoms with Crippen molar-refractivity contribution in [3.05, 3.63) is 100 Å². The van der Waals surface area contributed by atoms with Gasteiger partial charge in [-0.1, -0.05) is 52.3 Å². The molecule has 2 bridgehead atoms. The van der Waals surface area contributed by atoms with E-state index in [0.29, 0.717) is 11.3 Å². The summed E-state index contributed by atoms with van der Waals surface area (Å²) in [5, 5.41) is 0. The Bertz CT molecular complexity index is 1540. The molecule has 3 aliphatic rings. The SMILES string of the molecule is O=C(COC(=O)c1cccc(N2C(=O)[C@@H]3[C@@H]4C[C@@H]([C@@H]3C2=O)[C@H](c2ccccc2)C4)c1)NNC(=O)c1ccc(Br)cc1. The second-order valence-electron chi connectivity index (χ2n) is 10.6. The first-order valence-electron chi connectivity index (χ1n) is 13.4. The van der Waals surface area contributed by atoms with E-state index in [0.717, 1.165) is 17.3 Å². The van der Waals surface area contributed by atoms with Crippen molar-refractivity contribution >= 4 is 51.2 Å². The number of benzene rings is 3. The quantitative estimate of drug-likeness (QED) is 0.246. The van der Waals surface area contributed by atoms with E-state index in [4.69, 9.17) is 4.74 Å². The van der Waals surface area contributed by atoms with E-state index in [1.54, 1.807) is 36.4 Å². The fraction of sp³-hybridized carbons (Fsp3) is 0.258. The number of nitrogens with zero attached hydrogens (tertiary/aromatic N) is 1. The van der Waals surface area contributed by atoms with Crippen LogP contribution in [0.5, 0.6) is 0 Å². The maximum Gasteiger partial charge on any atom is 0.338 e. The van der Waals surface area contributed by atoms with Gasteiger partial charge in [0.25, 0.3) is 11.8 Å². The molecule has 3 fully saturated rings. The number of nitrogens with one attached hydrogen (secondary N) is 2. The Morgan fingerprint density at radius 1 is 0.829 bits per heavy atom. The largest absolute Gasteiger partial charge is 0.452 e. The van der Waals surface area contributed by atoms with Crippen LogP contribution in [0.3, 0.4) is 0 Å². The molecule has 41 heavy (non-hydrogen) atoms. The highest BCUT2D eigenvalue weighted by molar-refractivity contribution is 9.10. The Morgan fingerprint density at radius 3 is 2.32 bits per heavy atom. The molecule has 1 aliphatic heterocycles. The van der Waals surface area contributed by atoms with Crippen LogP contribution in [0.1, 0.15) is 45.0 Å². The monoisotopic (exact) mass is 615 g/mol. The summed E-state index contributed by atoms with van der Waals surface area (Å²) >= 11 is 3.28. The minimum absolute atomic E-state index is 0.0944. The molecule has 3 aromatic carbocycles. The van der Waals surface area contributed by atoms with Gasteiger partial charge in [-0.05, 0) is 78.6 Å². The number of hydrogen-bond donors (Lipinski definition) is 2. The summed E-state index contributed by atoms with van der Waals surface area (Å²) in [4.78, 5) is 65.3. The van der Waals surface area contributed by atoms with Crippen molar-refractivity contribution in [2.75, 3.05) is 11.5 Å². The maximum atomic E-state index is 13.6. The summed E-state index contributed by atoms with van der Waals surface area (Å²) in [5.74, 6) is -2.67. The molecular formula is C31H26BrN3O6. The van der Waals surface area contributed by atoms with E-state index < -0.39 is 24.4 Å². The maximum absolute atomic E-state index is 13.6. The van der Waals surface area contributed by atoms with E-state index in [1.807, 2.05) is 18.2 Å². The molecule has 9 nitrogen and oxygen atoms in total. The van der Waals surface area contributed by atoms with E-state index in [9.17, 15) is 24.0 Å². The highest BCUT2D eigenvalue weighted by Gasteiger charge is 2.64. The van der Waals surface area contributed by atoms with Gasteiger partial charge in [-0.25, -0.2) is 4.79 Å². The third-order valence-corrected chi connectivity index (χ3v) is 8.87. The predicted molar refractivity (Wildman–Crippen MR) is 151 cm³/mol. The minimum Gasteiger partial charge on any atom is -0.452 e. The molecule has 208 valence electrons. The smallest absolute Gasteiger partial charge is 0.338 e. The second-order valence-corrected chi connectivity index (χ2v) is 11.5. The van der Waals surface area contributed by atoms with Crippen LogP contribution in [0.4, 0.5) is 5.69 Å². The number of imide groups is 1. The predicted octanol–water partition coefficient (Wildman–Crippen LogP) is 4.00. The molecule has 2 saturated carbocycles. The number of esters is 1. The van der Waals surface area contributed by atoms with Gasteiger partial charge in [0.1, 0.15) is 0 Å². The summed E-state index contributed by atoms with van der Waals surface area (Å²) in [6.07, 6.45) is 1.76. The lowest BCUT2D eigenvalue weighted by molar-refractivity contribution is -0.125. The zero-order chi connectivity index (χ0) is 28.7. The van der Waals surface area contributed by atoms with E-state index in [-0.39, 0.29) is 47.0 Å². The van der Waals surface area contributed by atoms with Crippen molar-refractivity contribution in [2.45, 2.75) is 18.8 Å². The first kappa shape index (κ1) is 26.9. The Balaban J connectivity index is 1.08. The highest BCUT2D eigenvalue weighted by atomic mass is 79.9. The van der Waals surface area contributed by atoms with Crippen molar-refractivity contribution in [2.24, 2.45) is 23.7 Å². The van der Waals surface area contributed by atoms with Crippen LogP contribution in [-0.4, -0.2) is 36.2 Å². The molecule has 6 rings (SSSR count). The molecule has 0 aromatic heterocycles. The van der Waals surface area contributed by atoms with E-state index in [1.165, 1.54) is 22.6 Å². The number of carbonyl (C=O) groups excluding carboxylic acids is 5. The van der Waals surface area contributed by atoms with Gasteiger partial charge in [0.05, 0.1) is 23.1 Å². The first-order chi connectivity index (χ1) is 19.8. The standard InChI is InChI=1S/C31H26BrN3O6/c32-21-11-9-18(10-12-21)28(37)34-33-25(36)16-41-31(40)19-7-4-8-22(13-19)35-29(38)26-20-14-23(17-5-2-1-3-6-17)24(15-20)27(26)30(35)39/h1-13,20,23-24,26-27H,14-16H2,(H,33,36)(H,34,37)/t20-,23-,24+,26+,27-/m0/s1. The number of carbonyl (C=O) groups is 5. The van der Waals surface area contributed by atoms with Crippen molar-refractivity contribution in [1.29, 1.82) is 0 Å². The lowest BCUT2D eigenvalue weighted by atomic mass is 9.73. The van der Waals surface area contributed by atoms with Gasteiger partial charge in [0, 0.05) is 10.0 Å². The zero-order valence-corrected chi connectivity index (χ0v) is 23.4. The lowest BCUT2D eigenvalue weighted by Gasteiger charge is -2.28. The number of fused-ring (bicyclic) bond motifs is 5. The molecule has 0 unspecified atom stereocenters. The minimum atomic E-state index is -0.801. The van der Waals surface area contributed by atoms with Gasteiger partial charge < -0.3 is 4.74 Å². The number of hydrogen-bond acceptors (Lipinski definition) is 6. The third-order valence-electron chi connectivity index (χ3n) is 8.34. The molecule has 5 atom stereocenters. The number of amides is 4. The molecule has 1 saturated heterocycles. The van der Waals surface area contributed by atoms with Crippen LogP contribution in [-0.2, 0) is 19.1 Å². The number of hydrazine groups is 1. The first-order valence-corrected chi connectivity index (χ1v) is 14.2. The van der Waals surface area contributed by atoms with E-state index >= 15 is 0 Å². The summed E-state index contributed by atoms with van der Waals surface area (Å²) in [6.45, 7) is -0.639. The van der Waals surface area contributed by atoms with Crippen molar-refractivity contribution < 1.29 is 28.7 Å².